The molecule has 0 aliphatic carbocycles. The van der Waals surface area contributed by atoms with Crippen LogP contribution in [-0.2, 0) is 11.2 Å². The minimum absolute atomic E-state index is 0.0649. The van der Waals surface area contributed by atoms with Gasteiger partial charge in [0.1, 0.15) is 11.8 Å². The minimum atomic E-state index is -4.40. The molecule has 0 bridgehead atoms. The van der Waals surface area contributed by atoms with E-state index in [0.717, 1.165) is 10.6 Å². The molecule has 1 aliphatic heterocycles. The van der Waals surface area contributed by atoms with Gasteiger partial charge in [0.25, 0.3) is 0 Å². The van der Waals surface area contributed by atoms with Crippen LogP contribution in [-0.4, -0.2) is 35.8 Å². The van der Waals surface area contributed by atoms with Crippen LogP contribution in [0.2, 0.25) is 0 Å². The summed E-state index contributed by atoms with van der Waals surface area (Å²) in [5.74, 6) is 0.315. The Morgan fingerprint density at radius 3 is 2.62 bits per heavy atom. The molecular weight excluding hydrogens is 321 g/mol. The lowest BCUT2D eigenvalue weighted by Gasteiger charge is -2.37. The molecule has 1 amide bonds. The van der Waals surface area contributed by atoms with Crippen LogP contribution in [0.3, 0.4) is 0 Å². The quantitative estimate of drug-likeness (QED) is 0.859. The van der Waals surface area contributed by atoms with Gasteiger partial charge in [-0.05, 0) is 50.8 Å². The van der Waals surface area contributed by atoms with Crippen LogP contribution in [0.5, 0.6) is 5.75 Å². The summed E-state index contributed by atoms with van der Waals surface area (Å²) in [6.07, 6.45) is -3.53. The number of ether oxygens (including phenoxy) is 1. The highest BCUT2D eigenvalue weighted by Gasteiger charge is 2.51. The highest BCUT2D eigenvalue weighted by Crippen LogP contribution is 2.35. The number of benzene rings is 1. The van der Waals surface area contributed by atoms with Crippen LogP contribution in [0.25, 0.3) is 0 Å². The fourth-order valence-electron chi connectivity index (χ4n) is 3.07. The molecule has 0 radical (unpaired) electrons. The van der Waals surface area contributed by atoms with Crippen LogP contribution >= 0.6 is 0 Å². The van der Waals surface area contributed by atoms with Crippen molar-refractivity contribution in [1.82, 2.24) is 10.4 Å². The second-order valence-corrected chi connectivity index (χ2v) is 6.70. The predicted molar refractivity (Wildman–Crippen MR) is 84.5 cm³/mol. The second kappa shape index (κ2) is 7.01. The van der Waals surface area contributed by atoms with Crippen LogP contribution in [0.1, 0.15) is 38.7 Å². The van der Waals surface area contributed by atoms with Crippen molar-refractivity contribution in [3.8, 4) is 5.75 Å². The molecule has 0 aromatic heterocycles. The Bertz CT molecular complexity index is 587. The van der Waals surface area contributed by atoms with Crippen molar-refractivity contribution in [2.24, 2.45) is 0 Å². The molecule has 1 unspecified atom stereocenters. The van der Waals surface area contributed by atoms with E-state index in [2.05, 4.69) is 5.43 Å². The van der Waals surface area contributed by atoms with Gasteiger partial charge in [0, 0.05) is 12.0 Å². The number of methoxy groups -OCH3 is 1. The standard InChI is InChI=1S/C17H23F3N2O2/c1-16(2)11-15(23)21-22(16)14(17(18,19)20)9-5-7-12-6-4-8-13(10-12)24-3/h4,6,8,10,14H,5,7,9,11H2,1-3H3,(H,21,23). The number of aryl methyl sites for hydroxylation is 1. The summed E-state index contributed by atoms with van der Waals surface area (Å²) in [6, 6.07) is 5.62. The zero-order chi connectivity index (χ0) is 18.0. The number of carbonyl (C=O) groups excluding carboxylic acids is 1. The molecule has 1 N–H and O–H groups in total. The summed E-state index contributed by atoms with van der Waals surface area (Å²) < 4.78 is 45.5. The van der Waals surface area contributed by atoms with Crippen molar-refractivity contribution < 1.29 is 22.7 Å². The number of nitrogens with one attached hydrogen (secondary N) is 1. The zero-order valence-corrected chi connectivity index (χ0v) is 14.1. The van der Waals surface area contributed by atoms with Crippen molar-refractivity contribution in [2.45, 2.75) is 57.3 Å². The van der Waals surface area contributed by atoms with Gasteiger partial charge in [-0.15, -0.1) is 0 Å². The minimum Gasteiger partial charge on any atom is -0.497 e. The molecule has 0 saturated carbocycles. The number of hydrogen-bond donors (Lipinski definition) is 1. The summed E-state index contributed by atoms with van der Waals surface area (Å²) in [4.78, 5) is 11.5. The monoisotopic (exact) mass is 344 g/mol. The van der Waals surface area contributed by atoms with E-state index in [4.69, 9.17) is 4.74 Å². The first-order valence-corrected chi connectivity index (χ1v) is 7.92. The van der Waals surface area contributed by atoms with Gasteiger partial charge in [-0.2, -0.15) is 13.2 Å². The smallest absolute Gasteiger partial charge is 0.405 e. The molecule has 0 spiro atoms. The number of hydrazine groups is 1. The van der Waals surface area contributed by atoms with E-state index >= 15 is 0 Å². The Balaban J connectivity index is 2.03. The van der Waals surface area contributed by atoms with Gasteiger partial charge in [0.05, 0.1) is 7.11 Å². The summed E-state index contributed by atoms with van der Waals surface area (Å²) in [5, 5.41) is 1.07. The highest BCUT2D eigenvalue weighted by atomic mass is 19.4. The molecular formula is C17H23F3N2O2. The van der Waals surface area contributed by atoms with Crippen molar-refractivity contribution in [2.75, 3.05) is 7.11 Å². The maximum atomic E-state index is 13.5. The lowest BCUT2D eigenvalue weighted by atomic mass is 9.97. The first-order valence-electron chi connectivity index (χ1n) is 7.92. The van der Waals surface area contributed by atoms with E-state index in [-0.39, 0.29) is 18.7 Å². The zero-order valence-electron chi connectivity index (χ0n) is 14.1. The van der Waals surface area contributed by atoms with Crippen molar-refractivity contribution >= 4 is 5.91 Å². The van der Waals surface area contributed by atoms with E-state index in [1.54, 1.807) is 27.0 Å². The van der Waals surface area contributed by atoms with Crippen LogP contribution in [0.4, 0.5) is 13.2 Å². The third-order valence-corrected chi connectivity index (χ3v) is 4.26. The molecule has 1 aromatic rings. The molecule has 7 heteroatoms. The molecule has 4 nitrogen and oxygen atoms in total. The lowest BCUT2D eigenvalue weighted by molar-refractivity contribution is -0.202. The van der Waals surface area contributed by atoms with Gasteiger partial charge in [-0.3, -0.25) is 10.2 Å². The molecule has 24 heavy (non-hydrogen) atoms. The maximum absolute atomic E-state index is 13.5. The lowest BCUT2D eigenvalue weighted by Crippen LogP contribution is -2.56. The number of nitrogens with zero attached hydrogens (tertiary/aromatic N) is 1. The Morgan fingerprint density at radius 1 is 1.38 bits per heavy atom. The van der Waals surface area contributed by atoms with E-state index < -0.39 is 17.8 Å². The third kappa shape index (κ3) is 4.41. The Morgan fingerprint density at radius 2 is 2.08 bits per heavy atom. The first-order chi connectivity index (χ1) is 11.1. The molecule has 1 aromatic carbocycles. The van der Waals surface area contributed by atoms with E-state index in [1.807, 2.05) is 18.2 Å². The topological polar surface area (TPSA) is 41.6 Å². The van der Waals surface area contributed by atoms with Gasteiger partial charge in [-0.25, -0.2) is 5.01 Å². The highest BCUT2D eigenvalue weighted by molar-refractivity contribution is 5.78. The number of rotatable bonds is 6. The summed E-state index contributed by atoms with van der Waals surface area (Å²) in [5.41, 5.74) is 2.45. The largest absolute Gasteiger partial charge is 0.497 e. The van der Waals surface area contributed by atoms with Gasteiger partial charge in [-0.1, -0.05) is 12.1 Å². The van der Waals surface area contributed by atoms with Gasteiger partial charge >= 0.3 is 6.18 Å². The number of carbonyl (C=O) groups is 1. The normalized spacial score (nSPS) is 19.2. The van der Waals surface area contributed by atoms with Crippen molar-refractivity contribution in [3.63, 3.8) is 0 Å². The fraction of sp³-hybridized carbons (Fsp3) is 0.588. The van der Waals surface area contributed by atoms with Crippen LogP contribution in [0.15, 0.2) is 24.3 Å². The molecule has 134 valence electrons. The number of hydrogen-bond acceptors (Lipinski definition) is 3. The molecule has 1 aliphatic rings. The number of alkyl halides is 3. The predicted octanol–water partition coefficient (Wildman–Crippen LogP) is 3.46. The molecule has 2 rings (SSSR count). The average molecular weight is 344 g/mol. The van der Waals surface area contributed by atoms with Crippen LogP contribution in [0, 0.1) is 0 Å². The van der Waals surface area contributed by atoms with Gasteiger partial charge in [0.15, 0.2) is 0 Å². The Hall–Kier alpha value is -1.76. The van der Waals surface area contributed by atoms with Crippen LogP contribution < -0.4 is 10.2 Å². The van der Waals surface area contributed by atoms with E-state index in [1.165, 1.54) is 0 Å². The SMILES string of the molecule is COc1cccc(CCCC(N2NC(=O)CC2(C)C)C(F)(F)F)c1. The molecule has 1 saturated heterocycles. The average Bonchev–Trinajstić information content (AvgIpc) is 2.75. The maximum Gasteiger partial charge on any atom is 0.405 e. The first kappa shape index (κ1) is 18.6. The summed E-state index contributed by atoms with van der Waals surface area (Å²) in [7, 11) is 1.55. The molecule has 1 fully saturated rings. The van der Waals surface area contributed by atoms with E-state index in [9.17, 15) is 18.0 Å². The second-order valence-electron chi connectivity index (χ2n) is 6.70. The number of amides is 1. The van der Waals surface area contributed by atoms with Gasteiger partial charge < -0.3 is 4.74 Å². The third-order valence-electron chi connectivity index (χ3n) is 4.26. The number of halogens is 3. The van der Waals surface area contributed by atoms with Gasteiger partial charge in [0.2, 0.25) is 5.91 Å². The fourth-order valence-corrected chi connectivity index (χ4v) is 3.07. The summed E-state index contributed by atoms with van der Waals surface area (Å²) >= 11 is 0. The Kier molecular flexibility index (Phi) is 5.42. The summed E-state index contributed by atoms with van der Waals surface area (Å²) in [6.45, 7) is 3.29. The van der Waals surface area contributed by atoms with Crippen molar-refractivity contribution in [1.29, 1.82) is 0 Å². The Labute approximate surface area is 139 Å². The molecule has 1 heterocycles. The van der Waals surface area contributed by atoms with E-state index in [0.29, 0.717) is 18.6 Å². The van der Waals surface area contributed by atoms with Crippen molar-refractivity contribution in [3.05, 3.63) is 29.8 Å². The molecule has 1 atom stereocenters.